The SMILES string of the molecule is CCNC(=NCC(C)Oc1ccccc1F)NCCS(=O)(=O)NCc1ccccc1.I. The van der Waals surface area contributed by atoms with Gasteiger partial charge in [-0.1, -0.05) is 42.5 Å². The molecule has 0 saturated heterocycles. The van der Waals surface area contributed by atoms with Crippen LogP contribution in [0.4, 0.5) is 4.39 Å². The smallest absolute Gasteiger partial charge is 0.213 e. The number of rotatable bonds is 11. The number of sulfonamides is 1. The van der Waals surface area contributed by atoms with Gasteiger partial charge in [0.25, 0.3) is 0 Å². The van der Waals surface area contributed by atoms with Crippen LogP contribution in [0.1, 0.15) is 19.4 Å². The zero-order valence-corrected chi connectivity index (χ0v) is 20.8. The number of guanidine groups is 1. The van der Waals surface area contributed by atoms with E-state index in [4.69, 9.17) is 4.74 Å². The first-order valence-corrected chi connectivity index (χ1v) is 11.5. The van der Waals surface area contributed by atoms with Gasteiger partial charge in [-0.2, -0.15) is 0 Å². The second-order valence-corrected chi connectivity index (χ2v) is 8.56. The minimum atomic E-state index is -3.43. The van der Waals surface area contributed by atoms with Crippen molar-refractivity contribution < 1.29 is 17.5 Å². The monoisotopic (exact) mass is 564 g/mol. The van der Waals surface area contributed by atoms with Crippen LogP contribution in [0, 0.1) is 5.82 Å². The van der Waals surface area contributed by atoms with E-state index in [2.05, 4.69) is 20.3 Å². The van der Waals surface area contributed by atoms with Gasteiger partial charge < -0.3 is 15.4 Å². The molecular weight excluding hydrogens is 534 g/mol. The standard InChI is InChI=1S/C21H29FN4O3S.HI/c1-3-23-21(25-15-17(2)29-20-12-8-7-11-19(20)22)24-13-14-30(27,28)26-16-18-9-5-4-6-10-18;/h4-12,17,26H,3,13-16H2,1-2H3,(H2,23,24,25);1H. The molecule has 2 aromatic carbocycles. The maximum absolute atomic E-state index is 13.7. The Morgan fingerprint density at radius 1 is 1.10 bits per heavy atom. The van der Waals surface area contributed by atoms with E-state index in [1.54, 1.807) is 25.1 Å². The highest BCUT2D eigenvalue weighted by molar-refractivity contribution is 14.0. The second kappa shape index (κ2) is 14.2. The number of ether oxygens (including phenoxy) is 1. The quantitative estimate of drug-likeness (QED) is 0.222. The maximum Gasteiger partial charge on any atom is 0.213 e. The van der Waals surface area contributed by atoms with Crippen LogP contribution in [-0.4, -0.2) is 45.9 Å². The van der Waals surface area contributed by atoms with Crippen molar-refractivity contribution in [1.29, 1.82) is 0 Å². The van der Waals surface area contributed by atoms with E-state index < -0.39 is 15.8 Å². The molecule has 1 atom stereocenters. The van der Waals surface area contributed by atoms with E-state index in [-0.39, 0.29) is 61.2 Å². The number of hydrogen-bond acceptors (Lipinski definition) is 4. The number of nitrogens with one attached hydrogen (secondary N) is 3. The molecule has 3 N–H and O–H groups in total. The number of nitrogens with zero attached hydrogens (tertiary/aromatic N) is 1. The van der Waals surface area contributed by atoms with Crippen LogP contribution in [0.25, 0.3) is 0 Å². The summed E-state index contributed by atoms with van der Waals surface area (Å²) in [5, 5.41) is 6.05. The summed E-state index contributed by atoms with van der Waals surface area (Å²) in [6.07, 6.45) is -0.353. The normalized spacial score (nSPS) is 12.5. The van der Waals surface area contributed by atoms with Gasteiger partial charge in [0.2, 0.25) is 10.0 Å². The summed E-state index contributed by atoms with van der Waals surface area (Å²) in [5.74, 6) is 0.131. The molecule has 0 amide bonds. The Bertz CT molecular complexity index is 914. The average molecular weight is 564 g/mol. The molecule has 0 bridgehead atoms. The molecule has 0 aliphatic carbocycles. The lowest BCUT2D eigenvalue weighted by atomic mass is 10.2. The Hall–Kier alpha value is -1.92. The molecule has 0 spiro atoms. The minimum Gasteiger partial charge on any atom is -0.486 e. The van der Waals surface area contributed by atoms with Gasteiger partial charge in [0.15, 0.2) is 17.5 Å². The molecule has 0 radical (unpaired) electrons. The molecule has 7 nitrogen and oxygen atoms in total. The molecular formula is C21H30FIN4O3S. The van der Waals surface area contributed by atoms with Gasteiger partial charge in [-0.3, -0.25) is 0 Å². The zero-order valence-electron chi connectivity index (χ0n) is 17.7. The molecule has 1 unspecified atom stereocenters. The molecule has 0 fully saturated rings. The number of benzene rings is 2. The molecule has 0 saturated carbocycles. The van der Waals surface area contributed by atoms with Crippen molar-refractivity contribution in [1.82, 2.24) is 15.4 Å². The Morgan fingerprint density at radius 3 is 2.45 bits per heavy atom. The zero-order chi connectivity index (χ0) is 21.8. The van der Waals surface area contributed by atoms with E-state index in [1.807, 2.05) is 37.3 Å². The van der Waals surface area contributed by atoms with Gasteiger partial charge >= 0.3 is 0 Å². The summed E-state index contributed by atoms with van der Waals surface area (Å²) < 4.78 is 46.2. The van der Waals surface area contributed by atoms with Crippen LogP contribution in [0.5, 0.6) is 5.75 Å². The van der Waals surface area contributed by atoms with Crippen molar-refractivity contribution in [2.75, 3.05) is 25.4 Å². The van der Waals surface area contributed by atoms with Crippen molar-refractivity contribution >= 4 is 40.0 Å². The summed E-state index contributed by atoms with van der Waals surface area (Å²) in [6, 6.07) is 15.5. The molecule has 0 heterocycles. The molecule has 10 heteroatoms. The van der Waals surface area contributed by atoms with Crippen LogP contribution in [0.15, 0.2) is 59.6 Å². The fourth-order valence-electron chi connectivity index (χ4n) is 2.52. The van der Waals surface area contributed by atoms with Crippen LogP contribution < -0.4 is 20.1 Å². The highest BCUT2D eigenvalue weighted by atomic mass is 127. The van der Waals surface area contributed by atoms with Gasteiger partial charge in [0, 0.05) is 19.6 Å². The van der Waals surface area contributed by atoms with Crippen LogP contribution in [0.3, 0.4) is 0 Å². The molecule has 0 aromatic heterocycles. The van der Waals surface area contributed by atoms with Gasteiger partial charge in [0.05, 0.1) is 12.3 Å². The maximum atomic E-state index is 13.7. The lowest BCUT2D eigenvalue weighted by Gasteiger charge is -2.15. The first kappa shape index (κ1) is 27.1. The largest absolute Gasteiger partial charge is 0.486 e. The third-order valence-corrected chi connectivity index (χ3v) is 5.34. The summed E-state index contributed by atoms with van der Waals surface area (Å²) in [7, 11) is -3.43. The van der Waals surface area contributed by atoms with Crippen LogP contribution in [0.2, 0.25) is 0 Å². The molecule has 31 heavy (non-hydrogen) atoms. The van der Waals surface area contributed by atoms with Crippen molar-refractivity contribution in [3.05, 3.63) is 66.0 Å². The van der Waals surface area contributed by atoms with Crippen LogP contribution >= 0.6 is 24.0 Å². The third-order valence-electron chi connectivity index (χ3n) is 4.02. The van der Waals surface area contributed by atoms with Crippen molar-refractivity contribution in [3.8, 4) is 5.75 Å². The van der Waals surface area contributed by atoms with Crippen molar-refractivity contribution in [2.24, 2.45) is 4.99 Å². The Morgan fingerprint density at radius 2 is 1.77 bits per heavy atom. The predicted molar refractivity (Wildman–Crippen MR) is 133 cm³/mol. The Balaban J connectivity index is 0.00000480. The molecule has 0 aliphatic rings. The summed E-state index contributed by atoms with van der Waals surface area (Å²) in [6.45, 7) is 5.04. The fourth-order valence-corrected chi connectivity index (χ4v) is 3.42. The number of hydrogen-bond donors (Lipinski definition) is 3. The number of para-hydroxylation sites is 1. The Labute approximate surface area is 201 Å². The number of halogens is 2. The van der Waals surface area contributed by atoms with E-state index in [0.29, 0.717) is 12.5 Å². The van der Waals surface area contributed by atoms with E-state index >= 15 is 0 Å². The first-order valence-electron chi connectivity index (χ1n) is 9.84. The lowest BCUT2D eigenvalue weighted by molar-refractivity contribution is 0.220. The number of aliphatic imine (C=N–C) groups is 1. The van der Waals surface area contributed by atoms with E-state index in [9.17, 15) is 12.8 Å². The average Bonchev–Trinajstić information content (AvgIpc) is 2.73. The summed E-state index contributed by atoms with van der Waals surface area (Å²) >= 11 is 0. The molecule has 172 valence electrons. The first-order chi connectivity index (χ1) is 14.4. The summed E-state index contributed by atoms with van der Waals surface area (Å²) in [5.41, 5.74) is 0.896. The second-order valence-electron chi connectivity index (χ2n) is 6.63. The highest BCUT2D eigenvalue weighted by Gasteiger charge is 2.11. The van der Waals surface area contributed by atoms with Crippen LogP contribution in [-0.2, 0) is 16.6 Å². The molecule has 0 aliphatic heterocycles. The van der Waals surface area contributed by atoms with E-state index in [0.717, 1.165) is 5.56 Å². The van der Waals surface area contributed by atoms with Gasteiger partial charge in [-0.25, -0.2) is 22.5 Å². The van der Waals surface area contributed by atoms with Gasteiger partial charge in [-0.15, -0.1) is 24.0 Å². The predicted octanol–water partition coefficient (Wildman–Crippen LogP) is 2.89. The van der Waals surface area contributed by atoms with Gasteiger partial charge in [-0.05, 0) is 31.5 Å². The van der Waals surface area contributed by atoms with E-state index in [1.165, 1.54) is 6.07 Å². The summed E-state index contributed by atoms with van der Waals surface area (Å²) in [4.78, 5) is 4.38. The topological polar surface area (TPSA) is 91.8 Å². The van der Waals surface area contributed by atoms with Crippen molar-refractivity contribution in [2.45, 2.75) is 26.5 Å². The third kappa shape index (κ3) is 10.8. The Kier molecular flexibility index (Phi) is 12.4. The molecule has 2 rings (SSSR count). The van der Waals surface area contributed by atoms with Crippen molar-refractivity contribution in [3.63, 3.8) is 0 Å². The minimum absolute atomic E-state index is 0. The van der Waals surface area contributed by atoms with Gasteiger partial charge in [0.1, 0.15) is 6.10 Å². The highest BCUT2D eigenvalue weighted by Crippen LogP contribution is 2.16. The molecule has 2 aromatic rings. The fraction of sp³-hybridized carbons (Fsp3) is 0.381. The lowest BCUT2D eigenvalue weighted by Crippen LogP contribution is -2.41.